The van der Waals surface area contributed by atoms with Gasteiger partial charge in [0.2, 0.25) is 0 Å². The van der Waals surface area contributed by atoms with Crippen LogP contribution in [0.25, 0.3) is 10.9 Å². The van der Waals surface area contributed by atoms with Crippen molar-refractivity contribution >= 4 is 28.5 Å². The number of nitrogens with one attached hydrogen (secondary N) is 2. The lowest BCUT2D eigenvalue weighted by molar-refractivity contribution is -0.137. The lowest BCUT2D eigenvalue weighted by atomic mass is 10.0. The second-order valence-electron chi connectivity index (χ2n) is 9.19. The van der Waals surface area contributed by atoms with E-state index in [-0.39, 0.29) is 12.0 Å². The number of halogens is 1. The van der Waals surface area contributed by atoms with Gasteiger partial charge >= 0.3 is 5.97 Å². The molecule has 0 saturated heterocycles. The number of aliphatic carboxylic acids is 1. The smallest absolute Gasteiger partial charge is 0.305 e. The van der Waals surface area contributed by atoms with Gasteiger partial charge in [-0.1, -0.05) is 48.0 Å². The van der Waals surface area contributed by atoms with Crippen LogP contribution in [0.1, 0.15) is 40.4 Å². The summed E-state index contributed by atoms with van der Waals surface area (Å²) >= 11 is 6.17. The fourth-order valence-corrected chi connectivity index (χ4v) is 4.65. The lowest BCUT2D eigenvalue weighted by Crippen LogP contribution is -2.24. The second kappa shape index (κ2) is 11.4. The lowest BCUT2D eigenvalue weighted by Gasteiger charge is -2.16. The Hall–Kier alpha value is -4.27. The van der Waals surface area contributed by atoms with Crippen LogP contribution in [-0.4, -0.2) is 30.8 Å². The zero-order valence-corrected chi connectivity index (χ0v) is 21.2. The van der Waals surface area contributed by atoms with Crippen molar-refractivity contribution < 1.29 is 9.90 Å². The molecule has 0 radical (unpaired) electrons. The zero-order valence-electron chi connectivity index (χ0n) is 20.5. The number of benzene rings is 2. The van der Waals surface area contributed by atoms with Gasteiger partial charge in [0, 0.05) is 41.6 Å². The summed E-state index contributed by atoms with van der Waals surface area (Å²) in [5, 5.41) is 21.5. The fraction of sp³-hybridized carbons (Fsp3) is 0.172. The Morgan fingerprint density at radius 3 is 2.58 bits per heavy atom. The number of rotatable bonds is 10. The number of nitrogens with zero attached hydrogens (tertiary/aromatic N) is 3. The summed E-state index contributed by atoms with van der Waals surface area (Å²) in [6.07, 6.45) is 5.97. The molecule has 0 saturated carbocycles. The largest absolute Gasteiger partial charge is 0.481 e. The molecule has 0 amide bonds. The molecule has 3 N–H and O–H groups in total. The third-order valence-electron chi connectivity index (χ3n) is 6.35. The van der Waals surface area contributed by atoms with Gasteiger partial charge in [-0.3, -0.25) is 19.7 Å². The Bertz CT molecular complexity index is 1630. The van der Waals surface area contributed by atoms with Crippen molar-refractivity contribution in [3.05, 3.63) is 129 Å². The summed E-state index contributed by atoms with van der Waals surface area (Å²) in [6.45, 7) is 0.954. The number of aromatic nitrogens is 4. The molecule has 2 aromatic carbocycles. The quantitative estimate of drug-likeness (QED) is 0.242. The van der Waals surface area contributed by atoms with E-state index in [0.717, 1.165) is 33.2 Å². The van der Waals surface area contributed by atoms with E-state index in [1.807, 2.05) is 30.5 Å². The number of H-pyrrole nitrogens is 1. The van der Waals surface area contributed by atoms with Crippen molar-refractivity contribution in [2.24, 2.45) is 0 Å². The molecule has 0 bridgehead atoms. The summed E-state index contributed by atoms with van der Waals surface area (Å²) in [5.41, 5.74) is 5.56. The number of carboxylic acid groups (broad SMARTS) is 1. The summed E-state index contributed by atoms with van der Waals surface area (Å²) in [7, 11) is 0. The summed E-state index contributed by atoms with van der Waals surface area (Å²) < 4.78 is 1.67. The van der Waals surface area contributed by atoms with Gasteiger partial charge in [0.1, 0.15) is 0 Å². The van der Waals surface area contributed by atoms with Crippen molar-refractivity contribution in [2.75, 3.05) is 0 Å². The van der Waals surface area contributed by atoms with Crippen LogP contribution in [0.4, 0.5) is 0 Å². The first kappa shape index (κ1) is 25.4. The van der Waals surface area contributed by atoms with Gasteiger partial charge in [-0.25, -0.2) is 0 Å². The predicted molar refractivity (Wildman–Crippen MR) is 146 cm³/mol. The molecule has 0 aliphatic heterocycles. The maximum atomic E-state index is 12.0. The van der Waals surface area contributed by atoms with Crippen molar-refractivity contribution in [1.29, 1.82) is 0 Å². The van der Waals surface area contributed by atoms with Crippen LogP contribution in [0.3, 0.4) is 0 Å². The molecule has 38 heavy (non-hydrogen) atoms. The molecule has 0 spiro atoms. The van der Waals surface area contributed by atoms with Crippen molar-refractivity contribution in [2.45, 2.75) is 32.0 Å². The Balaban J connectivity index is 1.26. The van der Waals surface area contributed by atoms with E-state index in [0.29, 0.717) is 30.2 Å². The maximum absolute atomic E-state index is 12.0. The Morgan fingerprint density at radius 1 is 1.00 bits per heavy atom. The molecular formula is C29H26ClN5O3. The van der Waals surface area contributed by atoms with Crippen molar-refractivity contribution in [3.63, 3.8) is 0 Å². The van der Waals surface area contributed by atoms with E-state index in [2.05, 4.69) is 38.7 Å². The van der Waals surface area contributed by atoms with Crippen LogP contribution in [0, 0.1) is 0 Å². The third kappa shape index (κ3) is 6.16. The van der Waals surface area contributed by atoms with Crippen molar-refractivity contribution in [3.8, 4) is 0 Å². The van der Waals surface area contributed by atoms with Crippen LogP contribution in [0.15, 0.2) is 90.1 Å². The van der Waals surface area contributed by atoms with Crippen LogP contribution in [-0.2, 0) is 24.3 Å². The van der Waals surface area contributed by atoms with Crippen LogP contribution >= 0.6 is 11.6 Å². The zero-order chi connectivity index (χ0) is 26.5. The van der Waals surface area contributed by atoms with Gasteiger partial charge in [0.15, 0.2) is 0 Å². The number of hydrogen-bond donors (Lipinski definition) is 3. The first-order valence-corrected chi connectivity index (χ1v) is 12.6. The minimum absolute atomic E-state index is 0.0251. The van der Waals surface area contributed by atoms with Crippen LogP contribution in [0.2, 0.25) is 5.02 Å². The number of carbonyl (C=O) groups is 1. The van der Waals surface area contributed by atoms with Gasteiger partial charge in [-0.15, -0.1) is 0 Å². The summed E-state index contributed by atoms with van der Waals surface area (Å²) in [6, 6.07) is 20.3. The molecule has 1 atom stereocenters. The molecule has 3 aromatic heterocycles. The fourth-order valence-electron chi connectivity index (χ4n) is 4.47. The van der Waals surface area contributed by atoms with E-state index < -0.39 is 12.0 Å². The van der Waals surface area contributed by atoms with Gasteiger partial charge < -0.3 is 15.0 Å². The molecule has 0 aliphatic rings. The summed E-state index contributed by atoms with van der Waals surface area (Å²) in [5.74, 6) is -0.923. The molecule has 5 aromatic rings. The number of carboxylic acids is 1. The molecule has 192 valence electrons. The van der Waals surface area contributed by atoms with Gasteiger partial charge in [0.05, 0.1) is 30.2 Å². The minimum atomic E-state index is -0.923. The SMILES string of the molecule is O=C(O)CC(NCc1cncc(Cc2ccc(Cn3ccccc3=O)cc2)c1)c1n[nH]c2ccc(Cl)cc12. The second-order valence-corrected chi connectivity index (χ2v) is 9.63. The average Bonchev–Trinajstić information content (AvgIpc) is 3.32. The first-order valence-electron chi connectivity index (χ1n) is 12.2. The Morgan fingerprint density at radius 2 is 1.79 bits per heavy atom. The Labute approximate surface area is 223 Å². The highest BCUT2D eigenvalue weighted by Gasteiger charge is 2.21. The summed E-state index contributed by atoms with van der Waals surface area (Å²) in [4.78, 5) is 27.9. The maximum Gasteiger partial charge on any atom is 0.305 e. The van der Waals surface area contributed by atoms with E-state index >= 15 is 0 Å². The third-order valence-corrected chi connectivity index (χ3v) is 6.59. The monoisotopic (exact) mass is 527 g/mol. The van der Waals surface area contributed by atoms with Gasteiger partial charge in [0.25, 0.3) is 5.56 Å². The molecule has 3 heterocycles. The normalized spacial score (nSPS) is 12.0. The topological polar surface area (TPSA) is 113 Å². The molecule has 0 fully saturated rings. The highest BCUT2D eigenvalue weighted by molar-refractivity contribution is 6.31. The van der Waals surface area contributed by atoms with E-state index in [1.165, 1.54) is 0 Å². The molecule has 1 unspecified atom stereocenters. The van der Waals surface area contributed by atoms with E-state index in [9.17, 15) is 14.7 Å². The first-order chi connectivity index (χ1) is 18.4. The Kier molecular flexibility index (Phi) is 7.62. The average molecular weight is 528 g/mol. The molecule has 9 heteroatoms. The minimum Gasteiger partial charge on any atom is -0.481 e. The van der Waals surface area contributed by atoms with Gasteiger partial charge in [-0.2, -0.15) is 5.10 Å². The molecule has 5 rings (SSSR count). The highest BCUT2D eigenvalue weighted by atomic mass is 35.5. The number of fused-ring (bicyclic) bond motifs is 1. The standard InChI is InChI=1S/C29H26ClN5O3/c30-23-8-9-25-24(13-23)29(34-33-25)26(14-28(37)38)32-17-22-12-21(15-31-16-22)11-19-4-6-20(7-5-19)18-35-10-2-1-3-27(35)36/h1-10,12-13,15-16,26,32H,11,14,17-18H2,(H,33,34)(H,37,38). The van der Waals surface area contributed by atoms with Crippen LogP contribution < -0.4 is 10.9 Å². The van der Waals surface area contributed by atoms with Crippen molar-refractivity contribution in [1.82, 2.24) is 25.1 Å². The molecular weight excluding hydrogens is 502 g/mol. The van der Waals surface area contributed by atoms with E-state index in [1.54, 1.807) is 41.2 Å². The molecule has 0 aliphatic carbocycles. The number of pyridine rings is 2. The van der Waals surface area contributed by atoms with Crippen LogP contribution in [0.5, 0.6) is 0 Å². The van der Waals surface area contributed by atoms with E-state index in [4.69, 9.17) is 11.6 Å². The number of hydrogen-bond acceptors (Lipinski definition) is 5. The van der Waals surface area contributed by atoms with Gasteiger partial charge in [-0.05, 0) is 52.9 Å². The molecule has 8 nitrogen and oxygen atoms in total. The highest BCUT2D eigenvalue weighted by Crippen LogP contribution is 2.27. The number of aromatic amines is 1. The predicted octanol–water partition coefficient (Wildman–Crippen LogP) is 4.72.